The fraction of sp³-hybridized carbons (Fsp3) is 0.294. The second-order valence-corrected chi connectivity index (χ2v) is 5.51. The third-order valence-electron chi connectivity index (χ3n) is 3.77. The van der Waals surface area contributed by atoms with E-state index in [1.54, 1.807) is 12.4 Å². The molecule has 0 aliphatic rings. The highest BCUT2D eigenvalue weighted by Gasteiger charge is 2.39. The second kappa shape index (κ2) is 6.06. The molecule has 1 unspecified atom stereocenters. The van der Waals surface area contributed by atoms with Crippen molar-refractivity contribution in [3.05, 3.63) is 65.0 Å². The Kier molecular flexibility index (Phi) is 4.38. The van der Waals surface area contributed by atoms with Crippen LogP contribution >= 0.6 is 0 Å². The SMILES string of the molecule is Cc1cncc(CC(CN)(C(=O)O)c2cccc(C)c2)c1. The molecule has 0 aliphatic heterocycles. The smallest absolute Gasteiger partial charge is 0.315 e. The minimum atomic E-state index is -1.12. The lowest BCUT2D eigenvalue weighted by molar-refractivity contribution is -0.143. The van der Waals surface area contributed by atoms with E-state index in [4.69, 9.17) is 5.73 Å². The molecule has 0 spiro atoms. The molecule has 1 atom stereocenters. The van der Waals surface area contributed by atoms with Gasteiger partial charge < -0.3 is 10.8 Å². The molecule has 2 aromatic rings. The lowest BCUT2D eigenvalue weighted by Crippen LogP contribution is -2.45. The highest BCUT2D eigenvalue weighted by Crippen LogP contribution is 2.29. The number of carboxylic acids is 1. The fourth-order valence-corrected chi connectivity index (χ4v) is 2.58. The van der Waals surface area contributed by atoms with Crippen LogP contribution in [0, 0.1) is 13.8 Å². The van der Waals surface area contributed by atoms with Gasteiger partial charge in [0, 0.05) is 18.9 Å². The largest absolute Gasteiger partial charge is 0.481 e. The van der Waals surface area contributed by atoms with Crippen molar-refractivity contribution in [3.8, 4) is 0 Å². The first-order valence-electron chi connectivity index (χ1n) is 6.89. The monoisotopic (exact) mass is 284 g/mol. The van der Waals surface area contributed by atoms with Crippen molar-refractivity contribution in [1.82, 2.24) is 4.98 Å². The zero-order valence-electron chi connectivity index (χ0n) is 12.3. The van der Waals surface area contributed by atoms with Crippen molar-refractivity contribution < 1.29 is 9.90 Å². The average Bonchev–Trinajstić information content (AvgIpc) is 2.44. The van der Waals surface area contributed by atoms with Gasteiger partial charge in [0.15, 0.2) is 0 Å². The first-order chi connectivity index (χ1) is 9.98. The molecule has 4 nitrogen and oxygen atoms in total. The molecule has 0 aliphatic carbocycles. The van der Waals surface area contributed by atoms with E-state index < -0.39 is 11.4 Å². The zero-order valence-corrected chi connectivity index (χ0v) is 12.3. The van der Waals surface area contributed by atoms with Crippen LogP contribution < -0.4 is 5.73 Å². The number of carboxylic acid groups (broad SMARTS) is 1. The Morgan fingerprint density at radius 3 is 2.57 bits per heavy atom. The van der Waals surface area contributed by atoms with Gasteiger partial charge in [-0.2, -0.15) is 0 Å². The van der Waals surface area contributed by atoms with E-state index in [0.29, 0.717) is 6.42 Å². The molecule has 0 amide bonds. The van der Waals surface area contributed by atoms with Gasteiger partial charge in [-0.05, 0) is 37.0 Å². The van der Waals surface area contributed by atoms with Crippen molar-refractivity contribution in [2.24, 2.45) is 5.73 Å². The first-order valence-corrected chi connectivity index (χ1v) is 6.89. The number of rotatable bonds is 5. The van der Waals surface area contributed by atoms with Gasteiger partial charge >= 0.3 is 5.97 Å². The number of aliphatic carboxylic acids is 1. The summed E-state index contributed by atoms with van der Waals surface area (Å²) in [6, 6.07) is 9.49. The minimum Gasteiger partial charge on any atom is -0.481 e. The Hall–Kier alpha value is -2.20. The van der Waals surface area contributed by atoms with Crippen molar-refractivity contribution in [3.63, 3.8) is 0 Å². The van der Waals surface area contributed by atoms with Crippen LogP contribution in [0.4, 0.5) is 0 Å². The summed E-state index contributed by atoms with van der Waals surface area (Å²) in [5, 5.41) is 9.80. The molecule has 4 heteroatoms. The number of benzene rings is 1. The Balaban J connectivity index is 2.49. The Labute approximate surface area is 124 Å². The molecule has 0 fully saturated rings. The lowest BCUT2D eigenvalue weighted by atomic mass is 9.75. The summed E-state index contributed by atoms with van der Waals surface area (Å²) in [4.78, 5) is 16.1. The minimum absolute atomic E-state index is 0.0414. The molecular weight excluding hydrogens is 264 g/mol. The number of carbonyl (C=O) groups is 1. The van der Waals surface area contributed by atoms with E-state index in [9.17, 15) is 9.90 Å². The van der Waals surface area contributed by atoms with Gasteiger partial charge in [-0.25, -0.2) is 0 Å². The van der Waals surface area contributed by atoms with Crippen LogP contribution in [0.25, 0.3) is 0 Å². The van der Waals surface area contributed by atoms with Crippen molar-refractivity contribution in [2.45, 2.75) is 25.7 Å². The molecule has 110 valence electrons. The van der Waals surface area contributed by atoms with Crippen LogP contribution in [0.2, 0.25) is 0 Å². The molecule has 1 aromatic carbocycles. The van der Waals surface area contributed by atoms with Crippen LogP contribution in [0.15, 0.2) is 42.7 Å². The summed E-state index contributed by atoms with van der Waals surface area (Å²) in [6.45, 7) is 3.93. The summed E-state index contributed by atoms with van der Waals surface area (Å²) >= 11 is 0. The summed E-state index contributed by atoms with van der Waals surface area (Å²) in [7, 11) is 0. The fourth-order valence-electron chi connectivity index (χ4n) is 2.58. The number of aryl methyl sites for hydroxylation is 2. The normalized spacial score (nSPS) is 13.7. The number of nitrogens with zero attached hydrogens (tertiary/aromatic N) is 1. The van der Waals surface area contributed by atoms with Gasteiger partial charge in [0.25, 0.3) is 0 Å². The van der Waals surface area contributed by atoms with Gasteiger partial charge in [0.1, 0.15) is 5.41 Å². The topological polar surface area (TPSA) is 76.2 Å². The second-order valence-electron chi connectivity index (χ2n) is 5.51. The molecule has 0 radical (unpaired) electrons. The summed E-state index contributed by atoms with van der Waals surface area (Å²) < 4.78 is 0. The zero-order chi connectivity index (χ0) is 15.5. The van der Waals surface area contributed by atoms with Gasteiger partial charge in [-0.1, -0.05) is 35.9 Å². The number of pyridine rings is 1. The molecular formula is C17H20N2O2. The molecule has 1 heterocycles. The first kappa shape index (κ1) is 15.2. The molecule has 1 aromatic heterocycles. The molecule has 0 bridgehead atoms. The maximum atomic E-state index is 12.0. The number of hydrogen-bond donors (Lipinski definition) is 2. The number of nitrogens with two attached hydrogens (primary N) is 1. The predicted octanol–water partition coefficient (Wildman–Crippen LogP) is 2.22. The lowest BCUT2D eigenvalue weighted by Gasteiger charge is -2.29. The predicted molar refractivity (Wildman–Crippen MR) is 82.2 cm³/mol. The number of aromatic nitrogens is 1. The van der Waals surface area contributed by atoms with Crippen molar-refractivity contribution in [2.75, 3.05) is 6.54 Å². The molecule has 3 N–H and O–H groups in total. The third-order valence-corrected chi connectivity index (χ3v) is 3.77. The number of hydrogen-bond acceptors (Lipinski definition) is 3. The maximum Gasteiger partial charge on any atom is 0.315 e. The van der Waals surface area contributed by atoms with E-state index >= 15 is 0 Å². The van der Waals surface area contributed by atoms with E-state index in [1.165, 1.54) is 0 Å². The maximum absolute atomic E-state index is 12.0. The Morgan fingerprint density at radius 2 is 2.00 bits per heavy atom. The van der Waals surface area contributed by atoms with Crippen LogP contribution in [0.3, 0.4) is 0 Å². The van der Waals surface area contributed by atoms with E-state index in [2.05, 4.69) is 4.98 Å². The Morgan fingerprint density at radius 1 is 1.24 bits per heavy atom. The summed E-state index contributed by atoms with van der Waals surface area (Å²) in [6.07, 6.45) is 3.79. The third kappa shape index (κ3) is 3.11. The summed E-state index contributed by atoms with van der Waals surface area (Å²) in [5.41, 5.74) is 8.40. The van der Waals surface area contributed by atoms with E-state index in [0.717, 1.165) is 22.3 Å². The van der Waals surface area contributed by atoms with Crippen LogP contribution in [0.5, 0.6) is 0 Å². The van der Waals surface area contributed by atoms with Crippen molar-refractivity contribution >= 4 is 5.97 Å². The molecule has 0 saturated carbocycles. The van der Waals surface area contributed by atoms with Crippen LogP contribution in [0.1, 0.15) is 22.3 Å². The van der Waals surface area contributed by atoms with Gasteiger partial charge in [0.05, 0.1) is 0 Å². The highest BCUT2D eigenvalue weighted by atomic mass is 16.4. The van der Waals surface area contributed by atoms with E-state index in [1.807, 2.05) is 44.2 Å². The van der Waals surface area contributed by atoms with Gasteiger partial charge in [0.2, 0.25) is 0 Å². The molecule has 2 rings (SSSR count). The summed E-state index contributed by atoms with van der Waals surface area (Å²) in [5.74, 6) is -0.905. The standard InChI is InChI=1S/C17H20N2O2/c1-12-4-3-5-15(7-12)17(11-18,16(20)21)8-14-6-13(2)9-19-10-14/h3-7,9-10H,8,11,18H2,1-2H3,(H,20,21). The average molecular weight is 284 g/mol. The Bertz CT molecular complexity index is 655. The molecule has 21 heavy (non-hydrogen) atoms. The van der Waals surface area contributed by atoms with Gasteiger partial charge in [-0.3, -0.25) is 9.78 Å². The van der Waals surface area contributed by atoms with Gasteiger partial charge in [-0.15, -0.1) is 0 Å². The van der Waals surface area contributed by atoms with Crippen LogP contribution in [-0.2, 0) is 16.6 Å². The van der Waals surface area contributed by atoms with E-state index in [-0.39, 0.29) is 6.54 Å². The quantitative estimate of drug-likeness (QED) is 0.882. The van der Waals surface area contributed by atoms with Crippen LogP contribution in [-0.4, -0.2) is 22.6 Å². The molecule has 0 saturated heterocycles. The highest BCUT2D eigenvalue weighted by molar-refractivity contribution is 5.82. The van der Waals surface area contributed by atoms with Crippen molar-refractivity contribution in [1.29, 1.82) is 0 Å².